The van der Waals surface area contributed by atoms with Crippen LogP contribution in [-0.4, -0.2) is 25.2 Å². The fraction of sp³-hybridized carbons (Fsp3) is 0.917. The highest BCUT2D eigenvalue weighted by Gasteiger charge is 2.33. The monoisotopic (exact) mass is 211 g/mol. The van der Waals surface area contributed by atoms with E-state index in [1.807, 2.05) is 6.92 Å². The maximum absolute atomic E-state index is 11.5. The smallest absolute Gasteiger partial charge is 0.310 e. The number of hydrogen-bond acceptors (Lipinski definition) is 3. The van der Waals surface area contributed by atoms with Crippen LogP contribution in [0.15, 0.2) is 0 Å². The molecule has 0 aromatic heterocycles. The van der Waals surface area contributed by atoms with Crippen molar-refractivity contribution in [1.82, 2.24) is 5.32 Å². The summed E-state index contributed by atoms with van der Waals surface area (Å²) in [6.07, 6.45) is 6.30. The van der Waals surface area contributed by atoms with E-state index in [4.69, 9.17) is 4.74 Å². The van der Waals surface area contributed by atoms with Crippen molar-refractivity contribution in [1.29, 1.82) is 0 Å². The highest BCUT2D eigenvalue weighted by Crippen LogP contribution is 2.33. The number of carbonyl (C=O) groups excluding carboxylic acids is 1. The van der Waals surface area contributed by atoms with Crippen LogP contribution in [0.1, 0.15) is 39.0 Å². The molecule has 1 saturated carbocycles. The largest absolute Gasteiger partial charge is 0.466 e. The predicted molar refractivity (Wildman–Crippen MR) is 58.5 cm³/mol. The normalized spacial score (nSPS) is 32.1. The molecule has 0 unspecified atom stereocenters. The Balaban J connectivity index is 1.73. The van der Waals surface area contributed by atoms with Crippen molar-refractivity contribution in [3.8, 4) is 0 Å². The summed E-state index contributed by atoms with van der Waals surface area (Å²) in [7, 11) is 0. The number of rotatable bonds is 3. The lowest BCUT2D eigenvalue weighted by atomic mass is 9.76. The van der Waals surface area contributed by atoms with E-state index in [-0.39, 0.29) is 11.9 Å². The lowest BCUT2D eigenvalue weighted by molar-refractivity contribution is -0.148. The van der Waals surface area contributed by atoms with Crippen molar-refractivity contribution < 1.29 is 9.53 Å². The third-order valence-corrected chi connectivity index (χ3v) is 3.79. The molecule has 0 aromatic carbocycles. The minimum absolute atomic E-state index is 0.0166. The Morgan fingerprint density at radius 2 is 2.13 bits per heavy atom. The molecule has 0 bridgehead atoms. The van der Waals surface area contributed by atoms with Crippen LogP contribution >= 0.6 is 0 Å². The minimum atomic E-state index is -0.0166. The molecule has 0 spiro atoms. The van der Waals surface area contributed by atoms with E-state index in [0.29, 0.717) is 12.6 Å². The first kappa shape index (κ1) is 10.9. The van der Waals surface area contributed by atoms with Crippen molar-refractivity contribution in [2.45, 2.75) is 45.1 Å². The molecule has 0 amide bonds. The summed E-state index contributed by atoms with van der Waals surface area (Å²) >= 11 is 0. The Hall–Kier alpha value is -0.570. The van der Waals surface area contributed by atoms with Gasteiger partial charge in [0.25, 0.3) is 0 Å². The molecule has 15 heavy (non-hydrogen) atoms. The highest BCUT2D eigenvalue weighted by atomic mass is 16.5. The number of esters is 1. The molecule has 1 saturated heterocycles. The van der Waals surface area contributed by atoms with Crippen LogP contribution in [0.3, 0.4) is 0 Å². The molecule has 3 heteroatoms. The Morgan fingerprint density at radius 1 is 1.33 bits per heavy atom. The zero-order chi connectivity index (χ0) is 10.7. The van der Waals surface area contributed by atoms with Gasteiger partial charge in [-0.05, 0) is 38.5 Å². The fourth-order valence-corrected chi connectivity index (χ4v) is 2.58. The van der Waals surface area contributed by atoms with Crippen molar-refractivity contribution in [2.75, 3.05) is 13.2 Å². The van der Waals surface area contributed by atoms with Gasteiger partial charge in [0.2, 0.25) is 0 Å². The van der Waals surface area contributed by atoms with E-state index in [1.54, 1.807) is 0 Å². The first-order chi connectivity index (χ1) is 7.31. The molecule has 0 aromatic rings. The summed E-state index contributed by atoms with van der Waals surface area (Å²) in [5.41, 5.74) is 0. The fourth-order valence-electron chi connectivity index (χ4n) is 2.58. The standard InChI is InChI=1S/C12H21NO2/c1-2-15-12(14)10-6-7-11(13-8-10)9-4-3-5-9/h9-11,13H,2-8H2,1H3/t10-,11+/m1/s1. The Morgan fingerprint density at radius 3 is 2.60 bits per heavy atom. The molecule has 3 nitrogen and oxygen atoms in total. The molecular formula is C12H21NO2. The van der Waals surface area contributed by atoms with Gasteiger partial charge >= 0.3 is 5.97 Å². The van der Waals surface area contributed by atoms with Crippen LogP contribution in [-0.2, 0) is 9.53 Å². The summed E-state index contributed by atoms with van der Waals surface area (Å²) < 4.78 is 5.04. The van der Waals surface area contributed by atoms with Gasteiger partial charge in [0.05, 0.1) is 12.5 Å². The predicted octanol–water partition coefficient (Wildman–Crippen LogP) is 1.72. The molecular weight excluding hydrogens is 190 g/mol. The lowest BCUT2D eigenvalue weighted by Crippen LogP contribution is -2.47. The van der Waals surface area contributed by atoms with E-state index in [0.717, 1.165) is 25.3 Å². The average Bonchev–Trinajstić information content (AvgIpc) is 2.16. The molecule has 86 valence electrons. The van der Waals surface area contributed by atoms with Gasteiger partial charge in [0, 0.05) is 12.6 Å². The van der Waals surface area contributed by atoms with E-state index in [1.165, 1.54) is 19.3 Å². The lowest BCUT2D eigenvalue weighted by Gasteiger charge is -2.38. The van der Waals surface area contributed by atoms with E-state index < -0.39 is 0 Å². The highest BCUT2D eigenvalue weighted by molar-refractivity contribution is 5.72. The summed E-state index contributed by atoms with van der Waals surface area (Å²) in [5, 5.41) is 3.51. The summed E-state index contributed by atoms with van der Waals surface area (Å²) in [4.78, 5) is 11.5. The third kappa shape index (κ3) is 2.51. The van der Waals surface area contributed by atoms with Crippen molar-refractivity contribution in [3.05, 3.63) is 0 Å². The van der Waals surface area contributed by atoms with Gasteiger partial charge in [-0.15, -0.1) is 0 Å². The zero-order valence-electron chi connectivity index (χ0n) is 9.50. The van der Waals surface area contributed by atoms with Crippen LogP contribution in [0.5, 0.6) is 0 Å². The minimum Gasteiger partial charge on any atom is -0.466 e. The van der Waals surface area contributed by atoms with Crippen LogP contribution in [0.2, 0.25) is 0 Å². The topological polar surface area (TPSA) is 38.3 Å². The Kier molecular flexibility index (Phi) is 3.62. The number of piperidine rings is 1. The van der Waals surface area contributed by atoms with E-state index in [9.17, 15) is 4.79 Å². The molecule has 1 aliphatic heterocycles. The van der Waals surface area contributed by atoms with Gasteiger partial charge < -0.3 is 10.1 Å². The van der Waals surface area contributed by atoms with Gasteiger partial charge in [-0.2, -0.15) is 0 Å². The number of ether oxygens (including phenoxy) is 1. The van der Waals surface area contributed by atoms with Crippen LogP contribution in [0.25, 0.3) is 0 Å². The zero-order valence-corrected chi connectivity index (χ0v) is 9.50. The molecule has 2 fully saturated rings. The third-order valence-electron chi connectivity index (χ3n) is 3.79. The Labute approximate surface area is 91.6 Å². The number of carbonyl (C=O) groups is 1. The summed E-state index contributed by atoms with van der Waals surface area (Å²) in [6, 6.07) is 0.671. The molecule has 2 atom stereocenters. The number of hydrogen-bond donors (Lipinski definition) is 1. The van der Waals surface area contributed by atoms with Gasteiger partial charge in [-0.3, -0.25) is 4.79 Å². The van der Waals surface area contributed by atoms with Gasteiger partial charge in [0.15, 0.2) is 0 Å². The Bertz CT molecular complexity index is 218. The SMILES string of the molecule is CCOC(=O)[C@@H]1CC[C@@H](C2CCC2)NC1. The van der Waals surface area contributed by atoms with E-state index >= 15 is 0 Å². The molecule has 1 aliphatic carbocycles. The second kappa shape index (κ2) is 4.97. The average molecular weight is 211 g/mol. The molecule has 0 radical (unpaired) electrons. The van der Waals surface area contributed by atoms with Gasteiger partial charge in [-0.1, -0.05) is 6.42 Å². The number of nitrogens with one attached hydrogen (secondary N) is 1. The van der Waals surface area contributed by atoms with Crippen LogP contribution in [0.4, 0.5) is 0 Å². The first-order valence-corrected chi connectivity index (χ1v) is 6.21. The molecule has 1 N–H and O–H groups in total. The van der Waals surface area contributed by atoms with Crippen LogP contribution < -0.4 is 5.32 Å². The van der Waals surface area contributed by atoms with Crippen molar-refractivity contribution in [2.24, 2.45) is 11.8 Å². The van der Waals surface area contributed by atoms with Crippen LogP contribution in [0, 0.1) is 11.8 Å². The maximum atomic E-state index is 11.5. The maximum Gasteiger partial charge on any atom is 0.310 e. The van der Waals surface area contributed by atoms with Gasteiger partial charge in [-0.25, -0.2) is 0 Å². The van der Waals surface area contributed by atoms with E-state index in [2.05, 4.69) is 5.32 Å². The quantitative estimate of drug-likeness (QED) is 0.722. The van der Waals surface area contributed by atoms with Crippen molar-refractivity contribution in [3.63, 3.8) is 0 Å². The first-order valence-electron chi connectivity index (χ1n) is 6.21. The summed E-state index contributed by atoms with van der Waals surface area (Å²) in [5.74, 6) is 0.964. The second-order valence-electron chi connectivity index (χ2n) is 4.73. The molecule has 2 aliphatic rings. The summed E-state index contributed by atoms with van der Waals surface area (Å²) in [6.45, 7) is 3.19. The molecule has 1 heterocycles. The van der Waals surface area contributed by atoms with Gasteiger partial charge in [0.1, 0.15) is 0 Å². The molecule has 2 rings (SSSR count). The van der Waals surface area contributed by atoms with Crippen molar-refractivity contribution >= 4 is 5.97 Å². The second-order valence-corrected chi connectivity index (χ2v) is 4.73.